The van der Waals surface area contributed by atoms with Gasteiger partial charge in [-0.3, -0.25) is 4.68 Å². The molecule has 2 amide bonds. The molecule has 6 heteroatoms. The van der Waals surface area contributed by atoms with E-state index in [1.165, 1.54) is 31.2 Å². The van der Waals surface area contributed by atoms with E-state index in [9.17, 15) is 4.79 Å². The number of carbonyl (C=O) groups excluding carboxylic acids is 1. The summed E-state index contributed by atoms with van der Waals surface area (Å²) < 4.78 is 1.78. The molecule has 1 aliphatic rings. The molecule has 1 fully saturated rings. The molecule has 0 radical (unpaired) electrons. The summed E-state index contributed by atoms with van der Waals surface area (Å²) in [6.45, 7) is 3.50. The van der Waals surface area contributed by atoms with Gasteiger partial charge in [0, 0.05) is 19.1 Å². The van der Waals surface area contributed by atoms with Gasteiger partial charge in [0.2, 0.25) is 0 Å². The second-order valence-corrected chi connectivity index (χ2v) is 7.19. The van der Waals surface area contributed by atoms with Crippen molar-refractivity contribution in [1.82, 2.24) is 25.4 Å². The predicted octanol–water partition coefficient (Wildman–Crippen LogP) is 2.77. The Kier molecular flexibility index (Phi) is 5.68. The van der Waals surface area contributed by atoms with Crippen LogP contribution in [0.5, 0.6) is 0 Å². The lowest BCUT2D eigenvalue weighted by Gasteiger charge is -2.42. The van der Waals surface area contributed by atoms with Gasteiger partial charge in [0.15, 0.2) is 0 Å². The molecule has 1 atom stereocenters. The van der Waals surface area contributed by atoms with Gasteiger partial charge in [-0.2, -0.15) is 5.10 Å². The average molecular weight is 341 g/mol. The summed E-state index contributed by atoms with van der Waals surface area (Å²) in [6.07, 6.45) is 8.70. The third kappa shape index (κ3) is 5.05. The van der Waals surface area contributed by atoms with E-state index in [1.807, 2.05) is 13.0 Å². The molecule has 1 saturated carbocycles. The topological polar surface area (TPSA) is 71.8 Å². The smallest absolute Gasteiger partial charge is 0.315 e. The molecule has 0 spiro atoms. The number of aryl methyl sites for hydroxylation is 1. The van der Waals surface area contributed by atoms with E-state index in [0.717, 1.165) is 25.9 Å². The van der Waals surface area contributed by atoms with Gasteiger partial charge in [-0.15, -0.1) is 0 Å². The van der Waals surface area contributed by atoms with Crippen LogP contribution in [0.3, 0.4) is 0 Å². The largest absolute Gasteiger partial charge is 0.338 e. The quantitative estimate of drug-likeness (QED) is 0.775. The van der Waals surface area contributed by atoms with E-state index in [0.29, 0.717) is 0 Å². The van der Waals surface area contributed by atoms with Crippen molar-refractivity contribution in [2.45, 2.75) is 51.6 Å². The molecular formula is C19H27N5O. The van der Waals surface area contributed by atoms with Gasteiger partial charge >= 0.3 is 6.03 Å². The number of rotatable bonds is 8. The molecule has 3 rings (SSSR count). The minimum Gasteiger partial charge on any atom is -0.338 e. The van der Waals surface area contributed by atoms with Crippen molar-refractivity contribution in [2.24, 2.45) is 5.41 Å². The average Bonchev–Trinajstić information content (AvgIpc) is 3.10. The zero-order valence-electron chi connectivity index (χ0n) is 14.8. The lowest BCUT2D eigenvalue weighted by molar-refractivity contribution is 0.131. The first-order valence-corrected chi connectivity index (χ1v) is 9.06. The minimum absolute atomic E-state index is 0.0783. The fraction of sp³-hybridized carbons (Fsp3) is 0.526. The molecule has 0 unspecified atom stereocenters. The number of hydrogen-bond donors (Lipinski definition) is 2. The molecule has 1 aromatic heterocycles. The Hall–Kier alpha value is -2.37. The number of hydrogen-bond acceptors (Lipinski definition) is 3. The molecule has 134 valence electrons. The molecule has 0 aliphatic heterocycles. The number of amides is 2. The Morgan fingerprint density at radius 2 is 2.12 bits per heavy atom. The first-order valence-electron chi connectivity index (χ1n) is 9.06. The van der Waals surface area contributed by atoms with Crippen LogP contribution in [0.15, 0.2) is 43.0 Å². The van der Waals surface area contributed by atoms with Gasteiger partial charge < -0.3 is 10.6 Å². The normalized spacial score (nSPS) is 16.7. The third-order valence-electron chi connectivity index (χ3n) is 5.10. The number of urea groups is 1. The van der Waals surface area contributed by atoms with Crippen molar-refractivity contribution in [3.05, 3.63) is 48.5 Å². The van der Waals surface area contributed by atoms with Gasteiger partial charge in [-0.25, -0.2) is 9.78 Å². The Morgan fingerprint density at radius 3 is 2.76 bits per heavy atom. The first-order chi connectivity index (χ1) is 12.2. The number of benzene rings is 1. The molecule has 1 aromatic carbocycles. The van der Waals surface area contributed by atoms with E-state index >= 15 is 0 Å². The molecule has 1 heterocycles. The molecule has 1 aliphatic carbocycles. The standard InChI is InChI=1S/C19H27N5O/c1-16(8-11-24-15-20-14-22-24)23-18(25)21-13-19(9-5-10-19)12-17-6-3-2-4-7-17/h2-4,6-7,14-16H,5,8-13H2,1H3,(H2,21,23,25)/t16-/m1/s1. The number of nitrogens with zero attached hydrogens (tertiary/aromatic N) is 3. The molecule has 2 N–H and O–H groups in total. The molecule has 0 saturated heterocycles. The van der Waals surface area contributed by atoms with Crippen LogP contribution in [0.2, 0.25) is 0 Å². The lowest BCUT2D eigenvalue weighted by atomic mass is 9.65. The number of nitrogens with one attached hydrogen (secondary N) is 2. The molecule has 6 nitrogen and oxygen atoms in total. The fourth-order valence-electron chi connectivity index (χ4n) is 3.41. The summed E-state index contributed by atoms with van der Waals surface area (Å²) in [4.78, 5) is 16.1. The number of carbonyl (C=O) groups is 1. The maximum atomic E-state index is 12.2. The summed E-state index contributed by atoms with van der Waals surface area (Å²) in [5.41, 5.74) is 1.58. The van der Waals surface area contributed by atoms with Crippen LogP contribution in [0.1, 0.15) is 38.2 Å². The summed E-state index contributed by atoms with van der Waals surface area (Å²) in [5.74, 6) is 0. The van der Waals surface area contributed by atoms with Crippen LogP contribution in [-0.2, 0) is 13.0 Å². The summed E-state index contributed by atoms with van der Waals surface area (Å²) in [6, 6.07) is 10.6. The highest BCUT2D eigenvalue weighted by Gasteiger charge is 2.37. The summed E-state index contributed by atoms with van der Waals surface area (Å²) in [7, 11) is 0. The van der Waals surface area contributed by atoms with Crippen LogP contribution < -0.4 is 10.6 Å². The third-order valence-corrected chi connectivity index (χ3v) is 5.10. The van der Waals surface area contributed by atoms with E-state index < -0.39 is 0 Å². The lowest BCUT2D eigenvalue weighted by Crippen LogP contribution is -2.48. The zero-order valence-corrected chi connectivity index (χ0v) is 14.8. The first kappa shape index (κ1) is 17.5. The SMILES string of the molecule is C[C@H](CCn1cncn1)NC(=O)NCC1(Cc2ccccc2)CCC1. The van der Waals surface area contributed by atoms with Crippen molar-refractivity contribution in [3.8, 4) is 0 Å². The molecular weight excluding hydrogens is 314 g/mol. The van der Waals surface area contributed by atoms with Crippen molar-refractivity contribution >= 4 is 6.03 Å². The van der Waals surface area contributed by atoms with E-state index in [1.54, 1.807) is 11.0 Å². The second kappa shape index (κ2) is 8.14. The van der Waals surface area contributed by atoms with E-state index in [4.69, 9.17) is 0 Å². The number of aromatic nitrogens is 3. The summed E-state index contributed by atoms with van der Waals surface area (Å²) in [5, 5.41) is 10.2. The predicted molar refractivity (Wildman–Crippen MR) is 97.1 cm³/mol. The van der Waals surface area contributed by atoms with Crippen molar-refractivity contribution < 1.29 is 4.79 Å². The van der Waals surface area contributed by atoms with Crippen molar-refractivity contribution in [3.63, 3.8) is 0 Å². The van der Waals surface area contributed by atoms with Crippen LogP contribution in [0.25, 0.3) is 0 Å². The van der Waals surface area contributed by atoms with Crippen molar-refractivity contribution in [2.75, 3.05) is 6.54 Å². The van der Waals surface area contributed by atoms with Gasteiger partial charge in [0.05, 0.1) is 0 Å². The second-order valence-electron chi connectivity index (χ2n) is 7.19. The maximum absolute atomic E-state index is 12.2. The molecule has 25 heavy (non-hydrogen) atoms. The van der Waals surface area contributed by atoms with E-state index in [2.05, 4.69) is 45.0 Å². The zero-order chi connectivity index (χ0) is 17.5. The molecule has 0 bridgehead atoms. The van der Waals surface area contributed by atoms with Gasteiger partial charge in [0.25, 0.3) is 0 Å². The Bertz CT molecular complexity index is 652. The van der Waals surface area contributed by atoms with E-state index in [-0.39, 0.29) is 17.5 Å². The van der Waals surface area contributed by atoms with Gasteiger partial charge in [0.1, 0.15) is 12.7 Å². The fourth-order valence-corrected chi connectivity index (χ4v) is 3.41. The van der Waals surface area contributed by atoms with Crippen molar-refractivity contribution in [1.29, 1.82) is 0 Å². The monoisotopic (exact) mass is 341 g/mol. The van der Waals surface area contributed by atoms with Gasteiger partial charge in [-0.05, 0) is 43.6 Å². The van der Waals surface area contributed by atoms with Gasteiger partial charge in [-0.1, -0.05) is 36.8 Å². The molecule has 2 aromatic rings. The van der Waals surface area contributed by atoms with Crippen LogP contribution in [0, 0.1) is 5.41 Å². The highest BCUT2D eigenvalue weighted by molar-refractivity contribution is 5.74. The van der Waals surface area contributed by atoms with Crippen LogP contribution in [0.4, 0.5) is 4.79 Å². The highest BCUT2D eigenvalue weighted by Crippen LogP contribution is 2.43. The Balaban J connectivity index is 1.41. The maximum Gasteiger partial charge on any atom is 0.315 e. The Morgan fingerprint density at radius 1 is 1.32 bits per heavy atom. The summed E-state index contributed by atoms with van der Waals surface area (Å²) >= 11 is 0. The Labute approximate surface area is 149 Å². The minimum atomic E-state index is -0.0783. The van der Waals surface area contributed by atoms with Crippen LogP contribution >= 0.6 is 0 Å². The van der Waals surface area contributed by atoms with Crippen LogP contribution in [-0.4, -0.2) is 33.4 Å². The highest BCUT2D eigenvalue weighted by atomic mass is 16.2.